The number of nitrogens with one attached hydrogen (secondary N) is 1. The van der Waals surface area contributed by atoms with Crippen molar-refractivity contribution in [3.8, 4) is 0 Å². The van der Waals surface area contributed by atoms with Crippen LogP contribution in [0.3, 0.4) is 0 Å². The van der Waals surface area contributed by atoms with Crippen LogP contribution in [0, 0.1) is 0 Å². The maximum Gasteiger partial charge on any atom is 0.211 e. The van der Waals surface area contributed by atoms with Gasteiger partial charge in [0.1, 0.15) is 0 Å². The highest BCUT2D eigenvalue weighted by Gasteiger charge is 2.23. The minimum atomic E-state index is -2.95. The molecule has 12 heavy (non-hydrogen) atoms. The van der Waals surface area contributed by atoms with Crippen LogP contribution < -0.4 is 3.53 Å². The summed E-state index contributed by atoms with van der Waals surface area (Å²) in [6.45, 7) is 1.30. The van der Waals surface area contributed by atoms with E-state index in [9.17, 15) is 8.42 Å². The van der Waals surface area contributed by atoms with Crippen molar-refractivity contribution in [3.63, 3.8) is 0 Å². The summed E-state index contributed by atoms with van der Waals surface area (Å²) in [5.41, 5.74) is 0. The first kappa shape index (κ1) is 10.7. The topological polar surface area (TPSA) is 49.4 Å². The fraction of sp³-hybridized carbons (Fsp3) is 1.00. The second-order valence-electron chi connectivity index (χ2n) is 3.05. The lowest BCUT2D eigenvalue weighted by Crippen LogP contribution is -2.42. The van der Waals surface area contributed by atoms with Gasteiger partial charge in [0.25, 0.3) is 0 Å². The molecule has 0 unspecified atom stereocenters. The molecule has 0 saturated carbocycles. The molecule has 0 aromatic rings. The maximum atomic E-state index is 11.1. The smallest absolute Gasteiger partial charge is 0.211 e. The molecule has 0 amide bonds. The van der Waals surface area contributed by atoms with Crippen molar-refractivity contribution in [2.24, 2.45) is 0 Å². The van der Waals surface area contributed by atoms with Crippen molar-refractivity contribution in [1.82, 2.24) is 7.84 Å². The molecule has 0 aliphatic carbocycles. The molecule has 1 aliphatic rings. The van der Waals surface area contributed by atoms with E-state index in [2.05, 4.69) is 26.4 Å². The molecule has 6 heteroatoms. The summed E-state index contributed by atoms with van der Waals surface area (Å²) in [5, 5.41) is 0. The highest BCUT2D eigenvalue weighted by Crippen LogP contribution is 2.13. The van der Waals surface area contributed by atoms with Crippen LogP contribution >= 0.6 is 22.9 Å². The lowest BCUT2D eigenvalue weighted by atomic mass is 10.1. The molecule has 1 aliphatic heterocycles. The molecule has 0 bridgehead atoms. The van der Waals surface area contributed by atoms with Gasteiger partial charge in [-0.25, -0.2) is 12.7 Å². The van der Waals surface area contributed by atoms with E-state index in [1.165, 1.54) is 10.6 Å². The molecular weight excluding hydrogens is 291 g/mol. The summed E-state index contributed by atoms with van der Waals surface area (Å²) in [4.78, 5) is 0. The number of piperidine rings is 1. The van der Waals surface area contributed by atoms with E-state index < -0.39 is 10.0 Å². The molecule has 0 radical (unpaired) electrons. The fourth-order valence-electron chi connectivity index (χ4n) is 1.30. The van der Waals surface area contributed by atoms with Crippen molar-refractivity contribution in [3.05, 3.63) is 0 Å². The molecule has 72 valence electrons. The van der Waals surface area contributed by atoms with Gasteiger partial charge in [-0.3, -0.25) is 3.53 Å². The van der Waals surface area contributed by atoms with Crippen LogP contribution in [0.2, 0.25) is 0 Å². The van der Waals surface area contributed by atoms with Crippen LogP contribution in [0.15, 0.2) is 0 Å². The zero-order chi connectivity index (χ0) is 9.19. The van der Waals surface area contributed by atoms with E-state index in [1.807, 2.05) is 0 Å². The number of rotatable bonds is 2. The highest BCUT2D eigenvalue weighted by atomic mass is 127. The average Bonchev–Trinajstić information content (AvgIpc) is 2.03. The van der Waals surface area contributed by atoms with E-state index in [1.54, 1.807) is 0 Å². The predicted octanol–water partition coefficient (Wildman–Crippen LogP) is 0.350. The van der Waals surface area contributed by atoms with Crippen molar-refractivity contribution in [2.75, 3.05) is 19.3 Å². The van der Waals surface area contributed by atoms with E-state index in [4.69, 9.17) is 0 Å². The van der Waals surface area contributed by atoms with Crippen LogP contribution in [-0.2, 0) is 10.0 Å². The zero-order valence-electron chi connectivity index (χ0n) is 6.96. The zero-order valence-corrected chi connectivity index (χ0v) is 9.93. The molecule has 0 aromatic heterocycles. The summed E-state index contributed by atoms with van der Waals surface area (Å²) >= 11 is 2.12. The van der Waals surface area contributed by atoms with Crippen LogP contribution in [0.5, 0.6) is 0 Å². The van der Waals surface area contributed by atoms with Gasteiger partial charge in [0.05, 0.1) is 6.26 Å². The van der Waals surface area contributed by atoms with Crippen LogP contribution in [-0.4, -0.2) is 38.1 Å². The predicted molar refractivity (Wildman–Crippen MR) is 56.6 cm³/mol. The molecule has 4 nitrogen and oxygen atoms in total. The largest absolute Gasteiger partial charge is 0.258 e. The van der Waals surface area contributed by atoms with Gasteiger partial charge in [-0.15, -0.1) is 0 Å². The van der Waals surface area contributed by atoms with Gasteiger partial charge in [0.15, 0.2) is 0 Å². The van der Waals surface area contributed by atoms with Crippen molar-refractivity contribution >= 4 is 32.9 Å². The molecule has 1 saturated heterocycles. The van der Waals surface area contributed by atoms with Crippen LogP contribution in [0.4, 0.5) is 0 Å². The second kappa shape index (κ2) is 4.21. The summed E-state index contributed by atoms with van der Waals surface area (Å²) in [5.74, 6) is 0. The van der Waals surface area contributed by atoms with Gasteiger partial charge in [0.2, 0.25) is 10.0 Å². The molecule has 1 fully saturated rings. The Labute approximate surface area is 87.2 Å². The molecule has 1 heterocycles. The minimum Gasteiger partial charge on any atom is -0.258 e. The standard InChI is InChI=1S/C6H13IN2O2S/c1-12(10,11)9-4-2-6(8-7)3-5-9/h6,8H,2-5H2,1H3. The SMILES string of the molecule is CS(=O)(=O)N1CCC(NI)CC1. The van der Waals surface area contributed by atoms with E-state index in [0.717, 1.165) is 12.8 Å². The molecule has 0 spiro atoms. The maximum absolute atomic E-state index is 11.1. The Kier molecular flexibility index (Phi) is 3.74. The third-order valence-corrected chi connectivity index (χ3v) is 4.26. The van der Waals surface area contributed by atoms with Crippen molar-refractivity contribution < 1.29 is 8.42 Å². The first-order chi connectivity index (χ1) is 5.54. The van der Waals surface area contributed by atoms with Gasteiger partial charge in [0, 0.05) is 42.0 Å². The normalized spacial score (nSPS) is 22.8. The van der Waals surface area contributed by atoms with Crippen LogP contribution in [0.25, 0.3) is 0 Å². The van der Waals surface area contributed by atoms with Gasteiger partial charge in [-0.1, -0.05) is 0 Å². The molecule has 0 aromatic carbocycles. The second-order valence-corrected chi connectivity index (χ2v) is 5.65. The average molecular weight is 304 g/mol. The van der Waals surface area contributed by atoms with E-state index in [0.29, 0.717) is 19.1 Å². The number of sulfonamides is 1. The molecule has 0 atom stereocenters. The molecule has 1 rings (SSSR count). The summed E-state index contributed by atoms with van der Waals surface area (Å²) in [6.07, 6.45) is 3.09. The van der Waals surface area contributed by atoms with Gasteiger partial charge in [-0.05, 0) is 12.8 Å². The Morgan fingerprint density at radius 1 is 1.42 bits per heavy atom. The number of nitrogens with zero attached hydrogens (tertiary/aromatic N) is 1. The number of halogens is 1. The minimum absolute atomic E-state index is 0.476. The van der Waals surface area contributed by atoms with Gasteiger partial charge >= 0.3 is 0 Å². The van der Waals surface area contributed by atoms with E-state index >= 15 is 0 Å². The monoisotopic (exact) mass is 304 g/mol. The van der Waals surface area contributed by atoms with Crippen molar-refractivity contribution in [2.45, 2.75) is 18.9 Å². The Morgan fingerprint density at radius 2 is 1.92 bits per heavy atom. The van der Waals surface area contributed by atoms with Gasteiger partial charge in [-0.2, -0.15) is 0 Å². The number of hydrogen-bond donors (Lipinski definition) is 1. The first-order valence-corrected chi connectivity index (χ1v) is 6.78. The Hall–Kier alpha value is 0.600. The van der Waals surface area contributed by atoms with E-state index in [-0.39, 0.29) is 0 Å². The van der Waals surface area contributed by atoms with Crippen LogP contribution in [0.1, 0.15) is 12.8 Å². The summed E-state index contributed by atoms with van der Waals surface area (Å²) in [6, 6.07) is 0.476. The lowest BCUT2D eigenvalue weighted by molar-refractivity contribution is 0.316. The Morgan fingerprint density at radius 3 is 2.25 bits per heavy atom. The molecular formula is C6H13IN2O2S. The summed E-state index contributed by atoms with van der Waals surface area (Å²) in [7, 11) is -2.95. The summed E-state index contributed by atoms with van der Waals surface area (Å²) < 4.78 is 26.8. The quantitative estimate of drug-likeness (QED) is 0.592. The first-order valence-electron chi connectivity index (χ1n) is 3.85. The third kappa shape index (κ3) is 2.82. The Bertz CT molecular complexity index is 234. The van der Waals surface area contributed by atoms with Gasteiger partial charge < -0.3 is 0 Å². The lowest BCUT2D eigenvalue weighted by Gasteiger charge is -2.29. The highest BCUT2D eigenvalue weighted by molar-refractivity contribution is 14.1. The number of hydrogen-bond acceptors (Lipinski definition) is 3. The Balaban J connectivity index is 2.47. The third-order valence-electron chi connectivity index (χ3n) is 2.08. The van der Waals surface area contributed by atoms with Crippen molar-refractivity contribution in [1.29, 1.82) is 0 Å². The fourth-order valence-corrected chi connectivity index (χ4v) is 2.79. The molecule has 1 N–H and O–H groups in total.